The van der Waals surface area contributed by atoms with Crippen molar-refractivity contribution in [3.05, 3.63) is 71.2 Å². The van der Waals surface area contributed by atoms with Crippen LogP contribution in [0.2, 0.25) is 5.02 Å². The van der Waals surface area contributed by atoms with E-state index in [9.17, 15) is 8.42 Å². The first-order valence-electron chi connectivity index (χ1n) is 7.39. The lowest BCUT2D eigenvalue weighted by atomic mass is 10.2. The number of anilines is 3. The highest BCUT2D eigenvalue weighted by Crippen LogP contribution is 2.22. The second kappa shape index (κ2) is 7.08. The Kier molecular flexibility index (Phi) is 4.87. The lowest BCUT2D eigenvalue weighted by Crippen LogP contribution is -2.14. The number of halogens is 1. The van der Waals surface area contributed by atoms with Gasteiger partial charge in [-0.15, -0.1) is 10.2 Å². The van der Waals surface area contributed by atoms with Crippen molar-refractivity contribution in [2.45, 2.75) is 11.8 Å². The van der Waals surface area contributed by atoms with E-state index in [1.165, 1.54) is 18.2 Å². The standard InChI is InChI=1S/C17H15ClN4O2S/c1-12-7-8-13(11-15(12)18)19-16-9-10-17(21-20-16)22-25(23,24)14-5-3-2-4-6-14/h2-11H,1H3,(H,19,20)(H,21,22). The van der Waals surface area contributed by atoms with Gasteiger partial charge in [0.25, 0.3) is 10.0 Å². The Labute approximate surface area is 150 Å². The second-order valence-electron chi connectivity index (χ2n) is 5.31. The summed E-state index contributed by atoms with van der Waals surface area (Å²) in [5, 5.41) is 11.6. The first-order chi connectivity index (χ1) is 11.9. The van der Waals surface area contributed by atoms with Crippen LogP contribution < -0.4 is 10.0 Å². The molecule has 0 fully saturated rings. The van der Waals surface area contributed by atoms with E-state index in [2.05, 4.69) is 20.2 Å². The maximum Gasteiger partial charge on any atom is 0.263 e. The fraction of sp³-hybridized carbons (Fsp3) is 0.0588. The van der Waals surface area contributed by atoms with Crippen LogP contribution in [-0.4, -0.2) is 18.6 Å². The molecule has 0 amide bonds. The summed E-state index contributed by atoms with van der Waals surface area (Å²) in [5.74, 6) is 0.610. The van der Waals surface area contributed by atoms with E-state index in [-0.39, 0.29) is 10.7 Å². The van der Waals surface area contributed by atoms with Crippen molar-refractivity contribution in [1.29, 1.82) is 0 Å². The number of hydrogen-bond donors (Lipinski definition) is 2. The van der Waals surface area contributed by atoms with Gasteiger partial charge in [-0.1, -0.05) is 35.9 Å². The van der Waals surface area contributed by atoms with Gasteiger partial charge in [0, 0.05) is 10.7 Å². The Morgan fingerprint density at radius 3 is 2.24 bits per heavy atom. The van der Waals surface area contributed by atoms with Crippen molar-refractivity contribution in [2.75, 3.05) is 10.0 Å². The summed E-state index contributed by atoms with van der Waals surface area (Å²) in [7, 11) is -3.69. The average Bonchev–Trinajstić information content (AvgIpc) is 2.60. The van der Waals surface area contributed by atoms with Gasteiger partial charge in [-0.05, 0) is 48.9 Å². The van der Waals surface area contributed by atoms with Gasteiger partial charge in [-0.2, -0.15) is 0 Å². The molecule has 2 N–H and O–H groups in total. The molecule has 3 aromatic rings. The van der Waals surface area contributed by atoms with Crippen LogP contribution in [0.1, 0.15) is 5.56 Å². The van der Waals surface area contributed by atoms with E-state index in [0.29, 0.717) is 10.8 Å². The van der Waals surface area contributed by atoms with Gasteiger partial charge in [0.05, 0.1) is 4.90 Å². The van der Waals surface area contributed by atoms with E-state index < -0.39 is 10.0 Å². The van der Waals surface area contributed by atoms with Gasteiger partial charge < -0.3 is 5.32 Å². The van der Waals surface area contributed by atoms with Crippen LogP contribution >= 0.6 is 11.6 Å². The zero-order chi connectivity index (χ0) is 17.9. The Morgan fingerprint density at radius 1 is 0.920 bits per heavy atom. The van der Waals surface area contributed by atoms with Crippen molar-refractivity contribution in [1.82, 2.24) is 10.2 Å². The molecule has 1 heterocycles. The zero-order valence-corrected chi connectivity index (χ0v) is 14.8. The molecule has 1 aromatic heterocycles. The molecule has 0 saturated carbocycles. The lowest BCUT2D eigenvalue weighted by molar-refractivity contribution is 0.601. The van der Waals surface area contributed by atoms with E-state index in [1.54, 1.807) is 30.3 Å². The molecular formula is C17H15ClN4O2S. The number of nitrogens with one attached hydrogen (secondary N) is 2. The fourth-order valence-electron chi connectivity index (χ4n) is 2.07. The summed E-state index contributed by atoms with van der Waals surface area (Å²) in [4.78, 5) is 0.160. The molecule has 0 radical (unpaired) electrons. The van der Waals surface area contributed by atoms with Crippen molar-refractivity contribution < 1.29 is 8.42 Å². The monoisotopic (exact) mass is 374 g/mol. The third-order valence-electron chi connectivity index (χ3n) is 3.40. The molecule has 25 heavy (non-hydrogen) atoms. The maximum atomic E-state index is 12.2. The van der Waals surface area contributed by atoms with Crippen LogP contribution in [0.25, 0.3) is 0 Å². The highest BCUT2D eigenvalue weighted by molar-refractivity contribution is 7.92. The van der Waals surface area contributed by atoms with Crippen LogP contribution in [0, 0.1) is 6.92 Å². The number of aromatic nitrogens is 2. The number of nitrogens with zero attached hydrogens (tertiary/aromatic N) is 2. The minimum atomic E-state index is -3.69. The van der Waals surface area contributed by atoms with Gasteiger partial charge in [0.15, 0.2) is 11.6 Å². The SMILES string of the molecule is Cc1ccc(Nc2ccc(NS(=O)(=O)c3ccccc3)nn2)cc1Cl. The molecule has 0 saturated heterocycles. The number of sulfonamides is 1. The highest BCUT2D eigenvalue weighted by atomic mass is 35.5. The van der Waals surface area contributed by atoms with Crippen LogP contribution in [0.3, 0.4) is 0 Å². The van der Waals surface area contributed by atoms with Crippen LogP contribution in [0.4, 0.5) is 17.3 Å². The number of hydrogen-bond acceptors (Lipinski definition) is 5. The van der Waals surface area contributed by atoms with E-state index in [4.69, 9.17) is 11.6 Å². The molecule has 0 unspecified atom stereocenters. The van der Waals surface area contributed by atoms with Gasteiger partial charge in [-0.25, -0.2) is 8.42 Å². The van der Waals surface area contributed by atoms with Crippen molar-refractivity contribution in [2.24, 2.45) is 0 Å². The summed E-state index contributed by atoms with van der Waals surface area (Å²) >= 11 is 6.08. The summed E-state index contributed by atoms with van der Waals surface area (Å²) < 4.78 is 26.9. The van der Waals surface area contributed by atoms with Gasteiger partial charge >= 0.3 is 0 Å². The smallest absolute Gasteiger partial charge is 0.263 e. The topological polar surface area (TPSA) is 84.0 Å². The third-order valence-corrected chi connectivity index (χ3v) is 5.18. The summed E-state index contributed by atoms with van der Waals surface area (Å²) in [6, 6.07) is 16.8. The Morgan fingerprint density at radius 2 is 1.60 bits per heavy atom. The summed E-state index contributed by atoms with van der Waals surface area (Å²) in [6.45, 7) is 1.92. The predicted molar refractivity (Wildman–Crippen MR) is 98.8 cm³/mol. The predicted octanol–water partition coefficient (Wildman–Crippen LogP) is 3.98. The summed E-state index contributed by atoms with van der Waals surface area (Å²) in [6.07, 6.45) is 0. The van der Waals surface area contributed by atoms with Crippen molar-refractivity contribution in [3.8, 4) is 0 Å². The second-order valence-corrected chi connectivity index (χ2v) is 7.40. The van der Waals surface area contributed by atoms with Crippen molar-refractivity contribution >= 4 is 38.9 Å². The first kappa shape index (κ1) is 17.2. The van der Waals surface area contributed by atoms with Gasteiger partial charge in [-0.3, -0.25) is 4.72 Å². The minimum Gasteiger partial charge on any atom is -0.339 e. The van der Waals surface area contributed by atoms with Crippen LogP contribution in [0.15, 0.2) is 65.6 Å². The molecule has 0 aliphatic heterocycles. The molecule has 0 spiro atoms. The molecule has 0 atom stereocenters. The fourth-order valence-corrected chi connectivity index (χ4v) is 3.27. The van der Waals surface area contributed by atoms with Crippen LogP contribution in [-0.2, 0) is 10.0 Å². The number of rotatable bonds is 5. The Hall–Kier alpha value is -2.64. The van der Waals surface area contributed by atoms with Gasteiger partial charge in [0.1, 0.15) is 0 Å². The summed E-state index contributed by atoms with van der Waals surface area (Å²) in [5.41, 5.74) is 1.74. The molecular weight excluding hydrogens is 360 g/mol. The highest BCUT2D eigenvalue weighted by Gasteiger charge is 2.14. The molecule has 6 nitrogen and oxygen atoms in total. The maximum absolute atomic E-state index is 12.2. The molecule has 8 heteroatoms. The van der Waals surface area contributed by atoms with E-state index >= 15 is 0 Å². The normalized spacial score (nSPS) is 11.1. The third kappa shape index (κ3) is 4.26. The minimum absolute atomic E-state index is 0.136. The molecule has 2 aromatic carbocycles. The van der Waals surface area contributed by atoms with Gasteiger partial charge in [0.2, 0.25) is 0 Å². The molecule has 3 rings (SSSR count). The average molecular weight is 375 g/mol. The Bertz CT molecular complexity index is 977. The van der Waals surface area contributed by atoms with E-state index in [0.717, 1.165) is 11.3 Å². The lowest BCUT2D eigenvalue weighted by Gasteiger charge is -2.09. The molecule has 128 valence electrons. The number of aryl methyl sites for hydroxylation is 1. The largest absolute Gasteiger partial charge is 0.339 e. The zero-order valence-electron chi connectivity index (χ0n) is 13.3. The first-order valence-corrected chi connectivity index (χ1v) is 9.25. The molecule has 0 bridgehead atoms. The molecule has 0 aliphatic rings. The quantitative estimate of drug-likeness (QED) is 0.705. The van der Waals surface area contributed by atoms with E-state index in [1.807, 2.05) is 19.1 Å². The Balaban J connectivity index is 1.73. The molecule has 0 aliphatic carbocycles. The van der Waals surface area contributed by atoms with Crippen molar-refractivity contribution in [3.63, 3.8) is 0 Å². The van der Waals surface area contributed by atoms with Crippen LogP contribution in [0.5, 0.6) is 0 Å². The number of benzene rings is 2.